The summed E-state index contributed by atoms with van der Waals surface area (Å²) >= 11 is 0. The van der Waals surface area contributed by atoms with Gasteiger partial charge in [0.05, 0.1) is 25.2 Å². The Morgan fingerprint density at radius 1 is 1.39 bits per heavy atom. The molecule has 18 heavy (non-hydrogen) atoms. The maximum atomic E-state index is 11.6. The maximum absolute atomic E-state index is 11.6. The fraction of sp³-hybridized carbons (Fsp3) is 0.455. The average Bonchev–Trinajstić information content (AvgIpc) is 2.31. The molecule has 0 aliphatic rings. The van der Waals surface area contributed by atoms with Gasteiger partial charge in [0.25, 0.3) is 0 Å². The molecule has 0 aliphatic carbocycles. The van der Waals surface area contributed by atoms with Gasteiger partial charge < -0.3 is 14.6 Å². The van der Waals surface area contributed by atoms with Crippen molar-refractivity contribution in [1.82, 2.24) is 0 Å². The van der Waals surface area contributed by atoms with Crippen molar-refractivity contribution in [2.45, 2.75) is 6.92 Å². The number of hydrogen-bond donors (Lipinski definition) is 2. The lowest BCUT2D eigenvalue weighted by molar-refractivity contribution is 0.163. The van der Waals surface area contributed by atoms with Crippen molar-refractivity contribution < 1.29 is 23.0 Å². The summed E-state index contributed by atoms with van der Waals surface area (Å²) in [5, 5.41) is 9.62. The van der Waals surface area contributed by atoms with E-state index in [1.807, 2.05) is 0 Å². The maximum Gasteiger partial charge on any atom is 0.235 e. The van der Waals surface area contributed by atoms with E-state index in [4.69, 9.17) is 9.47 Å². The highest BCUT2D eigenvalue weighted by Gasteiger charge is 2.13. The van der Waals surface area contributed by atoms with Crippen molar-refractivity contribution in [3.63, 3.8) is 0 Å². The quantitative estimate of drug-likeness (QED) is 0.576. The van der Waals surface area contributed by atoms with Gasteiger partial charge in [0.1, 0.15) is 11.5 Å². The largest absolute Gasteiger partial charge is 0.506 e. The van der Waals surface area contributed by atoms with Crippen molar-refractivity contribution in [3.8, 4) is 11.5 Å². The van der Waals surface area contributed by atoms with Gasteiger partial charge in [-0.2, -0.15) is 0 Å². The second kappa shape index (κ2) is 6.46. The predicted molar refractivity (Wildman–Crippen MR) is 68.6 cm³/mol. The zero-order valence-corrected chi connectivity index (χ0v) is 11.2. The monoisotopic (exact) mass is 275 g/mol. The van der Waals surface area contributed by atoms with Gasteiger partial charge in [0.2, 0.25) is 10.0 Å². The van der Waals surface area contributed by atoms with E-state index < -0.39 is 10.0 Å². The van der Waals surface area contributed by atoms with Crippen LogP contribution >= 0.6 is 0 Å². The summed E-state index contributed by atoms with van der Waals surface area (Å²) in [6.45, 7) is 2.36. The highest BCUT2D eigenvalue weighted by Crippen LogP contribution is 2.28. The number of anilines is 1. The number of hydrogen-bond acceptors (Lipinski definition) is 5. The van der Waals surface area contributed by atoms with Crippen LogP contribution in [0.25, 0.3) is 0 Å². The van der Waals surface area contributed by atoms with Crippen LogP contribution in [0.4, 0.5) is 5.69 Å². The molecule has 0 amide bonds. The highest BCUT2D eigenvalue weighted by molar-refractivity contribution is 7.92. The highest BCUT2D eigenvalue weighted by atomic mass is 32.2. The molecule has 0 fully saturated rings. The molecule has 0 bridgehead atoms. The molecule has 0 saturated carbocycles. The van der Waals surface area contributed by atoms with E-state index in [1.54, 1.807) is 13.0 Å². The molecule has 6 nitrogen and oxygen atoms in total. The molecular formula is C11H17NO5S. The first-order valence-corrected chi connectivity index (χ1v) is 7.09. The van der Waals surface area contributed by atoms with Crippen molar-refractivity contribution in [1.29, 1.82) is 0 Å². The molecule has 1 rings (SSSR count). The minimum absolute atomic E-state index is 0.114. The Kier molecular flexibility index (Phi) is 5.24. The van der Waals surface area contributed by atoms with Gasteiger partial charge in [0.15, 0.2) is 0 Å². The summed E-state index contributed by atoms with van der Waals surface area (Å²) in [6, 6.07) is 4.33. The van der Waals surface area contributed by atoms with Crippen LogP contribution in [0.15, 0.2) is 18.2 Å². The molecule has 1 aromatic carbocycles. The minimum atomic E-state index is -3.52. The number of sulfonamides is 1. The fourth-order valence-corrected chi connectivity index (χ4v) is 2.20. The van der Waals surface area contributed by atoms with Crippen LogP contribution in [-0.2, 0) is 14.8 Å². The number of methoxy groups -OCH3 is 1. The Morgan fingerprint density at radius 2 is 2.11 bits per heavy atom. The normalized spacial score (nSPS) is 11.2. The smallest absolute Gasteiger partial charge is 0.235 e. The Hall–Kier alpha value is -1.47. The first kappa shape index (κ1) is 14.6. The van der Waals surface area contributed by atoms with Gasteiger partial charge in [-0.25, -0.2) is 8.42 Å². The van der Waals surface area contributed by atoms with Crippen LogP contribution in [-0.4, -0.2) is 39.6 Å². The molecular weight excluding hydrogens is 258 g/mol. The second-order valence-corrected chi connectivity index (χ2v) is 5.34. The van der Waals surface area contributed by atoms with E-state index in [0.717, 1.165) is 0 Å². The van der Waals surface area contributed by atoms with E-state index in [9.17, 15) is 13.5 Å². The van der Waals surface area contributed by atoms with E-state index in [0.29, 0.717) is 12.4 Å². The molecule has 2 N–H and O–H groups in total. The zero-order chi connectivity index (χ0) is 13.6. The topological polar surface area (TPSA) is 84.9 Å². The van der Waals surface area contributed by atoms with E-state index >= 15 is 0 Å². The van der Waals surface area contributed by atoms with Gasteiger partial charge in [-0.3, -0.25) is 4.72 Å². The molecule has 7 heteroatoms. The number of phenolic OH excluding ortho intramolecular Hbond substituents is 1. The Bertz CT molecular complexity index is 486. The van der Waals surface area contributed by atoms with Crippen LogP contribution in [0.5, 0.6) is 11.5 Å². The Labute approximate surface area is 107 Å². The summed E-state index contributed by atoms with van der Waals surface area (Å²) < 4.78 is 35.5. The lowest BCUT2D eigenvalue weighted by atomic mass is 10.3. The third kappa shape index (κ3) is 4.42. The number of phenols is 1. The molecule has 0 radical (unpaired) electrons. The first-order valence-electron chi connectivity index (χ1n) is 5.43. The lowest BCUT2D eigenvalue weighted by Gasteiger charge is -2.10. The SMILES string of the molecule is CCOCCS(=O)(=O)Nc1ccc(OC)cc1O. The molecule has 102 valence electrons. The van der Waals surface area contributed by atoms with E-state index in [1.165, 1.54) is 19.2 Å². The summed E-state index contributed by atoms with van der Waals surface area (Å²) in [5.74, 6) is 0.103. The van der Waals surface area contributed by atoms with E-state index in [2.05, 4.69) is 4.72 Å². The molecule has 0 unspecified atom stereocenters. The molecule has 0 heterocycles. The minimum Gasteiger partial charge on any atom is -0.506 e. The van der Waals surface area contributed by atoms with Gasteiger partial charge in [-0.15, -0.1) is 0 Å². The molecule has 1 aromatic rings. The number of rotatable bonds is 7. The van der Waals surface area contributed by atoms with Gasteiger partial charge in [0, 0.05) is 12.7 Å². The van der Waals surface area contributed by atoms with Crippen molar-refractivity contribution in [2.24, 2.45) is 0 Å². The van der Waals surface area contributed by atoms with Crippen molar-refractivity contribution in [2.75, 3.05) is 30.8 Å². The summed E-state index contributed by atoms with van der Waals surface area (Å²) in [5.41, 5.74) is 0.118. The number of aromatic hydroxyl groups is 1. The molecule has 0 spiro atoms. The van der Waals surface area contributed by atoms with Crippen LogP contribution in [0, 0.1) is 0 Å². The average molecular weight is 275 g/mol. The second-order valence-electron chi connectivity index (χ2n) is 3.50. The van der Waals surface area contributed by atoms with Crippen LogP contribution in [0.2, 0.25) is 0 Å². The van der Waals surface area contributed by atoms with Crippen LogP contribution in [0.1, 0.15) is 6.92 Å². The lowest BCUT2D eigenvalue weighted by Crippen LogP contribution is -2.20. The van der Waals surface area contributed by atoms with Crippen molar-refractivity contribution in [3.05, 3.63) is 18.2 Å². The third-order valence-corrected chi connectivity index (χ3v) is 3.41. The molecule has 0 saturated heterocycles. The predicted octanol–water partition coefficient (Wildman–Crippen LogP) is 1.18. The molecule has 0 atom stereocenters. The van der Waals surface area contributed by atoms with Crippen LogP contribution < -0.4 is 9.46 Å². The van der Waals surface area contributed by atoms with E-state index in [-0.39, 0.29) is 23.8 Å². The zero-order valence-electron chi connectivity index (χ0n) is 10.3. The standard InChI is InChI=1S/C11H17NO5S/c1-3-17-6-7-18(14,15)12-10-5-4-9(16-2)8-11(10)13/h4-5,8,12-13H,3,6-7H2,1-2H3. The molecule has 0 aliphatic heterocycles. The number of ether oxygens (including phenoxy) is 2. The van der Waals surface area contributed by atoms with Crippen LogP contribution in [0.3, 0.4) is 0 Å². The van der Waals surface area contributed by atoms with Gasteiger partial charge in [-0.05, 0) is 19.1 Å². The first-order chi connectivity index (χ1) is 8.48. The fourth-order valence-electron chi connectivity index (χ4n) is 1.26. The number of benzene rings is 1. The summed E-state index contributed by atoms with van der Waals surface area (Å²) in [7, 11) is -2.07. The Balaban J connectivity index is 2.72. The number of nitrogens with one attached hydrogen (secondary N) is 1. The van der Waals surface area contributed by atoms with Gasteiger partial charge >= 0.3 is 0 Å². The Morgan fingerprint density at radius 3 is 2.67 bits per heavy atom. The molecule has 0 aromatic heterocycles. The summed E-state index contributed by atoms with van der Waals surface area (Å²) in [6.07, 6.45) is 0. The van der Waals surface area contributed by atoms with Gasteiger partial charge in [-0.1, -0.05) is 0 Å². The van der Waals surface area contributed by atoms with Crippen molar-refractivity contribution >= 4 is 15.7 Å². The third-order valence-electron chi connectivity index (χ3n) is 2.17. The summed E-state index contributed by atoms with van der Waals surface area (Å²) in [4.78, 5) is 0.